The zero-order chi connectivity index (χ0) is 11.7. The van der Waals surface area contributed by atoms with Crippen molar-refractivity contribution in [3.05, 3.63) is 11.6 Å². The number of ether oxygens (including phenoxy) is 1. The molecule has 0 saturated carbocycles. The average molecular weight is 220 g/mol. The molecule has 1 aliphatic carbocycles. The Balaban J connectivity index is 2.94. The molecule has 0 heterocycles. The molecule has 1 rings (SSSR count). The summed E-state index contributed by atoms with van der Waals surface area (Å²) in [4.78, 5) is 11.0. The van der Waals surface area contributed by atoms with Crippen LogP contribution in [0.1, 0.15) is 26.7 Å². The van der Waals surface area contributed by atoms with Gasteiger partial charge in [-0.05, 0) is 32.3 Å². The molecular weight excluding hydrogens is 206 g/mol. The molecule has 0 aromatic heterocycles. The van der Waals surface area contributed by atoms with Gasteiger partial charge in [0.15, 0.2) is 5.60 Å². The van der Waals surface area contributed by atoms with Crippen molar-refractivity contribution in [1.82, 2.24) is 0 Å². The van der Waals surface area contributed by atoms with E-state index in [-0.39, 0.29) is 18.6 Å². The third kappa shape index (κ3) is 1.76. The van der Waals surface area contributed by atoms with Crippen molar-refractivity contribution in [2.75, 3.05) is 6.61 Å². The Bertz CT molecular complexity index is 299. The minimum Gasteiger partial charge on any atom is -0.461 e. The van der Waals surface area contributed by atoms with Gasteiger partial charge in [0.2, 0.25) is 0 Å². The molecule has 1 unspecified atom stereocenters. The van der Waals surface area contributed by atoms with Crippen LogP contribution in [0, 0.1) is 0 Å². The molecule has 0 saturated heterocycles. The average Bonchev–Trinajstić information content (AvgIpc) is 2.49. The van der Waals surface area contributed by atoms with Gasteiger partial charge in [0.05, 0.1) is 6.61 Å². The van der Waals surface area contributed by atoms with Crippen LogP contribution >= 0.6 is 0 Å². The van der Waals surface area contributed by atoms with Crippen LogP contribution in [-0.2, 0) is 9.53 Å². The first kappa shape index (κ1) is 12.1. The van der Waals surface area contributed by atoms with E-state index >= 15 is 0 Å². The Morgan fingerprint density at radius 2 is 2.33 bits per heavy atom. The molecule has 86 valence electrons. The van der Waals surface area contributed by atoms with Crippen molar-refractivity contribution in [2.24, 2.45) is 0 Å². The number of carbonyl (C=O) groups is 1. The number of hydrogen-bond donors (Lipinski definition) is 1. The lowest BCUT2D eigenvalue weighted by Gasteiger charge is -2.31. The molecule has 0 bridgehead atoms. The van der Waals surface area contributed by atoms with Crippen molar-refractivity contribution in [2.45, 2.75) is 38.2 Å². The van der Waals surface area contributed by atoms with E-state index in [9.17, 15) is 18.7 Å². The van der Waals surface area contributed by atoms with E-state index in [1.165, 1.54) is 19.9 Å². The quantitative estimate of drug-likeness (QED) is 0.581. The number of allylic oxidation sites excluding steroid dienone is 1. The van der Waals surface area contributed by atoms with Gasteiger partial charge >= 0.3 is 11.9 Å². The highest BCUT2D eigenvalue weighted by molar-refractivity contribution is 5.80. The summed E-state index contributed by atoms with van der Waals surface area (Å²) in [5.41, 5.74) is -2.25. The maximum Gasteiger partial charge on any atom is 0.380 e. The predicted molar refractivity (Wildman–Crippen MR) is 49.5 cm³/mol. The standard InChI is InChI=1S/C10H14F2O3/c1-3-15-8(13)10(11,12)9(14)6-4-5-7(9)2/h5,14H,3-4,6H2,1-2H3. The number of rotatable bonds is 3. The van der Waals surface area contributed by atoms with E-state index in [1.807, 2.05) is 0 Å². The number of esters is 1. The number of hydrogen-bond acceptors (Lipinski definition) is 3. The number of carbonyl (C=O) groups excluding carboxylic acids is 1. The Labute approximate surface area is 86.7 Å². The van der Waals surface area contributed by atoms with Crippen molar-refractivity contribution in [3.63, 3.8) is 0 Å². The van der Waals surface area contributed by atoms with Gasteiger partial charge in [0.1, 0.15) is 0 Å². The van der Waals surface area contributed by atoms with Gasteiger partial charge in [-0.1, -0.05) is 6.08 Å². The minimum atomic E-state index is -3.87. The Morgan fingerprint density at radius 1 is 1.73 bits per heavy atom. The first-order chi connectivity index (χ1) is 6.86. The molecule has 3 nitrogen and oxygen atoms in total. The second-order valence-corrected chi connectivity index (χ2v) is 3.58. The van der Waals surface area contributed by atoms with Crippen LogP contribution in [0.4, 0.5) is 8.78 Å². The maximum atomic E-state index is 13.6. The lowest BCUT2D eigenvalue weighted by atomic mass is 9.89. The molecule has 15 heavy (non-hydrogen) atoms. The molecule has 1 N–H and O–H groups in total. The highest BCUT2D eigenvalue weighted by Gasteiger charge is 2.61. The summed E-state index contributed by atoms with van der Waals surface area (Å²) in [7, 11) is 0. The van der Waals surface area contributed by atoms with Crippen molar-refractivity contribution in [3.8, 4) is 0 Å². The van der Waals surface area contributed by atoms with Crippen molar-refractivity contribution in [1.29, 1.82) is 0 Å². The van der Waals surface area contributed by atoms with Crippen LogP contribution in [0.2, 0.25) is 0 Å². The van der Waals surface area contributed by atoms with Crippen LogP contribution in [-0.4, -0.2) is 29.2 Å². The van der Waals surface area contributed by atoms with Gasteiger partial charge in [-0.15, -0.1) is 0 Å². The largest absolute Gasteiger partial charge is 0.461 e. The highest BCUT2D eigenvalue weighted by Crippen LogP contribution is 2.43. The highest BCUT2D eigenvalue weighted by atomic mass is 19.3. The number of halogens is 2. The van der Waals surface area contributed by atoms with E-state index in [2.05, 4.69) is 4.74 Å². The van der Waals surface area contributed by atoms with Gasteiger partial charge in [0, 0.05) is 0 Å². The van der Waals surface area contributed by atoms with E-state index in [1.54, 1.807) is 0 Å². The zero-order valence-electron chi connectivity index (χ0n) is 8.72. The summed E-state index contributed by atoms with van der Waals surface area (Å²) < 4.78 is 31.4. The molecule has 0 aromatic rings. The normalized spacial score (nSPS) is 26.3. The smallest absolute Gasteiger partial charge is 0.380 e. The summed E-state index contributed by atoms with van der Waals surface area (Å²) >= 11 is 0. The molecule has 1 atom stereocenters. The molecule has 1 aliphatic rings. The molecule has 0 aromatic carbocycles. The van der Waals surface area contributed by atoms with Gasteiger partial charge in [-0.25, -0.2) is 4.79 Å². The van der Waals surface area contributed by atoms with E-state index in [0.29, 0.717) is 6.42 Å². The van der Waals surface area contributed by atoms with E-state index in [0.717, 1.165) is 0 Å². The van der Waals surface area contributed by atoms with Crippen LogP contribution in [0.25, 0.3) is 0 Å². The molecular formula is C10H14F2O3. The van der Waals surface area contributed by atoms with E-state index in [4.69, 9.17) is 0 Å². The Kier molecular flexibility index (Phi) is 3.13. The third-order valence-electron chi connectivity index (χ3n) is 2.66. The van der Waals surface area contributed by atoms with Gasteiger partial charge in [-0.2, -0.15) is 8.78 Å². The number of alkyl halides is 2. The van der Waals surface area contributed by atoms with Crippen LogP contribution in [0.5, 0.6) is 0 Å². The summed E-state index contributed by atoms with van der Waals surface area (Å²) in [5.74, 6) is -5.54. The van der Waals surface area contributed by atoms with E-state index < -0.39 is 17.5 Å². The molecule has 0 radical (unpaired) electrons. The first-order valence-electron chi connectivity index (χ1n) is 4.81. The molecule has 0 amide bonds. The first-order valence-corrected chi connectivity index (χ1v) is 4.81. The second-order valence-electron chi connectivity index (χ2n) is 3.58. The topological polar surface area (TPSA) is 46.5 Å². The SMILES string of the molecule is CCOC(=O)C(F)(F)C1(O)CCC=C1C. The maximum absolute atomic E-state index is 13.6. The van der Waals surface area contributed by atoms with Gasteiger partial charge < -0.3 is 9.84 Å². The van der Waals surface area contributed by atoms with Crippen LogP contribution < -0.4 is 0 Å². The molecule has 0 fully saturated rings. The Morgan fingerprint density at radius 3 is 2.73 bits per heavy atom. The van der Waals surface area contributed by atoms with Gasteiger partial charge in [-0.3, -0.25) is 0 Å². The molecule has 0 spiro atoms. The Hall–Kier alpha value is -0.970. The molecule has 5 heteroatoms. The fourth-order valence-corrected chi connectivity index (χ4v) is 1.66. The monoisotopic (exact) mass is 220 g/mol. The zero-order valence-corrected chi connectivity index (χ0v) is 8.72. The fourth-order valence-electron chi connectivity index (χ4n) is 1.66. The van der Waals surface area contributed by atoms with Crippen LogP contribution in [0.15, 0.2) is 11.6 Å². The van der Waals surface area contributed by atoms with Crippen molar-refractivity contribution >= 4 is 5.97 Å². The molecule has 0 aliphatic heterocycles. The fraction of sp³-hybridized carbons (Fsp3) is 0.700. The second kappa shape index (κ2) is 3.89. The van der Waals surface area contributed by atoms with Crippen molar-refractivity contribution < 1.29 is 23.4 Å². The van der Waals surface area contributed by atoms with Crippen LogP contribution in [0.3, 0.4) is 0 Å². The lowest BCUT2D eigenvalue weighted by molar-refractivity contribution is -0.204. The summed E-state index contributed by atoms with van der Waals surface area (Å²) in [5, 5.41) is 9.77. The lowest BCUT2D eigenvalue weighted by Crippen LogP contribution is -2.53. The summed E-state index contributed by atoms with van der Waals surface area (Å²) in [6, 6.07) is 0. The third-order valence-corrected chi connectivity index (χ3v) is 2.66. The summed E-state index contributed by atoms with van der Waals surface area (Å²) in [6.45, 7) is 2.70. The summed E-state index contributed by atoms with van der Waals surface area (Å²) in [6.07, 6.45) is 1.70. The number of aliphatic hydroxyl groups is 1. The predicted octanol–water partition coefficient (Wildman–Crippen LogP) is 1.66. The minimum absolute atomic E-state index is 0.126. The van der Waals surface area contributed by atoms with Gasteiger partial charge in [0.25, 0.3) is 0 Å².